The highest BCUT2D eigenvalue weighted by Gasteiger charge is 2.21. The van der Waals surface area contributed by atoms with Crippen molar-refractivity contribution in [2.24, 2.45) is 5.73 Å². The molecule has 0 spiro atoms. The van der Waals surface area contributed by atoms with Gasteiger partial charge in [-0.25, -0.2) is 8.78 Å². The maximum Gasteiger partial charge on any atom is 0.132 e. The quantitative estimate of drug-likeness (QED) is 0.946. The van der Waals surface area contributed by atoms with Crippen molar-refractivity contribution in [3.63, 3.8) is 0 Å². The normalized spacial score (nSPS) is 12.7. The molecule has 1 heterocycles. The van der Waals surface area contributed by atoms with Crippen LogP contribution in [0.15, 0.2) is 28.9 Å². The van der Waals surface area contributed by atoms with Crippen molar-refractivity contribution in [2.75, 3.05) is 0 Å². The SMILES string of the molecule is CCn1nccc1C(N)c1c(F)cc(Br)cc1F. The van der Waals surface area contributed by atoms with E-state index in [-0.39, 0.29) is 5.56 Å². The van der Waals surface area contributed by atoms with Crippen LogP contribution in [0.5, 0.6) is 0 Å². The Balaban J connectivity index is 2.49. The van der Waals surface area contributed by atoms with E-state index >= 15 is 0 Å². The van der Waals surface area contributed by atoms with Gasteiger partial charge in [-0.1, -0.05) is 15.9 Å². The average molecular weight is 316 g/mol. The number of hydrogen-bond donors (Lipinski definition) is 1. The van der Waals surface area contributed by atoms with Crippen LogP contribution >= 0.6 is 15.9 Å². The van der Waals surface area contributed by atoms with Crippen LogP contribution in [0.4, 0.5) is 8.78 Å². The number of hydrogen-bond acceptors (Lipinski definition) is 2. The van der Waals surface area contributed by atoms with Crippen LogP contribution in [0.1, 0.15) is 24.2 Å². The highest BCUT2D eigenvalue weighted by molar-refractivity contribution is 9.10. The smallest absolute Gasteiger partial charge is 0.132 e. The van der Waals surface area contributed by atoms with Crippen LogP contribution in [0.2, 0.25) is 0 Å². The molecule has 0 aliphatic carbocycles. The monoisotopic (exact) mass is 315 g/mol. The van der Waals surface area contributed by atoms with E-state index in [0.717, 1.165) is 0 Å². The van der Waals surface area contributed by atoms with Crippen molar-refractivity contribution in [1.82, 2.24) is 9.78 Å². The third kappa shape index (κ3) is 2.30. The van der Waals surface area contributed by atoms with Crippen LogP contribution in [0, 0.1) is 11.6 Å². The Labute approximate surface area is 112 Å². The zero-order chi connectivity index (χ0) is 13.3. The van der Waals surface area contributed by atoms with Crippen LogP contribution in [-0.2, 0) is 6.54 Å². The van der Waals surface area contributed by atoms with Gasteiger partial charge in [-0.3, -0.25) is 4.68 Å². The summed E-state index contributed by atoms with van der Waals surface area (Å²) >= 11 is 3.03. The Kier molecular flexibility index (Phi) is 3.77. The maximum absolute atomic E-state index is 13.8. The summed E-state index contributed by atoms with van der Waals surface area (Å²) in [4.78, 5) is 0. The molecule has 2 rings (SSSR count). The van der Waals surface area contributed by atoms with Crippen LogP contribution < -0.4 is 5.73 Å². The van der Waals surface area contributed by atoms with Gasteiger partial charge in [0, 0.05) is 22.8 Å². The van der Waals surface area contributed by atoms with E-state index in [1.807, 2.05) is 6.92 Å². The molecular weight excluding hydrogens is 304 g/mol. The molecule has 3 nitrogen and oxygen atoms in total. The lowest BCUT2D eigenvalue weighted by Crippen LogP contribution is -2.19. The fourth-order valence-corrected chi connectivity index (χ4v) is 2.27. The molecule has 0 amide bonds. The molecular formula is C12H12BrF2N3. The minimum atomic E-state index is -0.874. The molecule has 0 aliphatic rings. The average Bonchev–Trinajstić information content (AvgIpc) is 2.75. The maximum atomic E-state index is 13.8. The lowest BCUT2D eigenvalue weighted by Gasteiger charge is -2.15. The van der Waals surface area contributed by atoms with Gasteiger partial charge in [0.1, 0.15) is 11.6 Å². The molecule has 1 aromatic carbocycles. The zero-order valence-corrected chi connectivity index (χ0v) is 11.3. The van der Waals surface area contributed by atoms with Gasteiger partial charge in [0.15, 0.2) is 0 Å². The molecule has 1 aromatic heterocycles. The number of rotatable bonds is 3. The van der Waals surface area contributed by atoms with Gasteiger partial charge in [-0.2, -0.15) is 5.10 Å². The molecule has 18 heavy (non-hydrogen) atoms. The van der Waals surface area contributed by atoms with E-state index in [4.69, 9.17) is 5.73 Å². The van der Waals surface area contributed by atoms with Crippen molar-refractivity contribution in [1.29, 1.82) is 0 Å². The Hall–Kier alpha value is -1.27. The third-order valence-corrected chi connectivity index (χ3v) is 3.18. The van der Waals surface area contributed by atoms with Crippen molar-refractivity contribution >= 4 is 15.9 Å². The third-order valence-electron chi connectivity index (χ3n) is 2.72. The molecule has 0 radical (unpaired) electrons. The van der Waals surface area contributed by atoms with Crippen LogP contribution in [0.25, 0.3) is 0 Å². The number of halogens is 3. The molecule has 0 saturated carbocycles. The first kappa shape index (κ1) is 13.2. The fourth-order valence-electron chi connectivity index (χ4n) is 1.87. The van der Waals surface area contributed by atoms with Gasteiger partial charge in [0.25, 0.3) is 0 Å². The summed E-state index contributed by atoms with van der Waals surface area (Å²) in [6.07, 6.45) is 1.56. The standard InChI is InChI=1S/C12H12BrF2N3/c1-2-18-10(3-4-17-18)12(16)11-8(14)5-7(13)6-9(11)15/h3-6,12H,2,16H2,1H3. The fraction of sp³-hybridized carbons (Fsp3) is 0.250. The topological polar surface area (TPSA) is 43.8 Å². The number of benzene rings is 1. The van der Waals surface area contributed by atoms with Crippen LogP contribution in [-0.4, -0.2) is 9.78 Å². The second-order valence-corrected chi connectivity index (χ2v) is 4.75. The first-order chi connectivity index (χ1) is 8.54. The van der Waals surface area contributed by atoms with E-state index in [9.17, 15) is 8.78 Å². The van der Waals surface area contributed by atoms with Crippen molar-refractivity contribution in [3.8, 4) is 0 Å². The van der Waals surface area contributed by atoms with E-state index in [0.29, 0.717) is 16.7 Å². The van der Waals surface area contributed by atoms with Crippen LogP contribution in [0.3, 0.4) is 0 Å². The highest BCUT2D eigenvalue weighted by Crippen LogP contribution is 2.27. The summed E-state index contributed by atoms with van der Waals surface area (Å²) in [5.74, 6) is -1.34. The molecule has 1 unspecified atom stereocenters. The number of nitrogens with two attached hydrogens (primary N) is 1. The molecule has 0 fully saturated rings. The number of aryl methyl sites for hydroxylation is 1. The van der Waals surface area contributed by atoms with Gasteiger partial charge < -0.3 is 5.73 Å². The summed E-state index contributed by atoms with van der Waals surface area (Å²) in [5.41, 5.74) is 6.37. The first-order valence-electron chi connectivity index (χ1n) is 5.46. The molecule has 6 heteroatoms. The molecule has 1 atom stereocenters. The van der Waals surface area contributed by atoms with Gasteiger partial charge in [0.2, 0.25) is 0 Å². The van der Waals surface area contributed by atoms with Crippen molar-refractivity contribution in [2.45, 2.75) is 19.5 Å². The van der Waals surface area contributed by atoms with E-state index in [1.54, 1.807) is 16.9 Å². The predicted octanol–water partition coefficient (Wildman–Crippen LogP) is 2.99. The molecule has 96 valence electrons. The number of aromatic nitrogens is 2. The van der Waals surface area contributed by atoms with Gasteiger partial charge in [0.05, 0.1) is 11.7 Å². The minimum Gasteiger partial charge on any atom is -0.319 e. The Morgan fingerprint density at radius 1 is 1.39 bits per heavy atom. The highest BCUT2D eigenvalue weighted by atomic mass is 79.9. The first-order valence-corrected chi connectivity index (χ1v) is 6.25. The molecule has 0 bridgehead atoms. The predicted molar refractivity (Wildman–Crippen MR) is 68.0 cm³/mol. The van der Waals surface area contributed by atoms with Crippen molar-refractivity contribution < 1.29 is 8.78 Å². The molecule has 0 saturated heterocycles. The molecule has 2 N–H and O–H groups in total. The summed E-state index contributed by atoms with van der Waals surface area (Å²) in [7, 11) is 0. The largest absolute Gasteiger partial charge is 0.319 e. The zero-order valence-electron chi connectivity index (χ0n) is 9.70. The lowest BCUT2D eigenvalue weighted by molar-refractivity contribution is 0.524. The summed E-state index contributed by atoms with van der Waals surface area (Å²) in [6.45, 7) is 2.48. The van der Waals surface area contributed by atoms with Gasteiger partial charge in [-0.05, 0) is 25.1 Å². The second kappa shape index (κ2) is 5.16. The summed E-state index contributed by atoms with van der Waals surface area (Å²) < 4.78 is 29.6. The van der Waals surface area contributed by atoms with E-state index in [2.05, 4.69) is 21.0 Å². The number of nitrogens with zero attached hydrogens (tertiary/aromatic N) is 2. The van der Waals surface area contributed by atoms with Gasteiger partial charge in [-0.15, -0.1) is 0 Å². The van der Waals surface area contributed by atoms with Gasteiger partial charge >= 0.3 is 0 Å². The Morgan fingerprint density at radius 2 is 2.00 bits per heavy atom. The molecule has 0 aliphatic heterocycles. The summed E-state index contributed by atoms with van der Waals surface area (Å²) in [5, 5.41) is 4.04. The Bertz CT molecular complexity index is 545. The lowest BCUT2D eigenvalue weighted by atomic mass is 10.0. The Morgan fingerprint density at radius 3 is 2.56 bits per heavy atom. The minimum absolute atomic E-state index is 0.145. The summed E-state index contributed by atoms with van der Waals surface area (Å²) in [6, 6.07) is 3.19. The molecule has 2 aromatic rings. The van der Waals surface area contributed by atoms with E-state index < -0.39 is 17.7 Å². The van der Waals surface area contributed by atoms with Crippen molar-refractivity contribution in [3.05, 3.63) is 51.8 Å². The second-order valence-electron chi connectivity index (χ2n) is 3.83. The van der Waals surface area contributed by atoms with E-state index in [1.165, 1.54) is 12.1 Å².